The van der Waals surface area contributed by atoms with E-state index in [4.69, 9.17) is 4.42 Å². The second-order valence-corrected chi connectivity index (χ2v) is 6.23. The highest BCUT2D eigenvalue weighted by Gasteiger charge is 2.27. The van der Waals surface area contributed by atoms with Crippen LogP contribution in [0.1, 0.15) is 50.4 Å². The average Bonchev–Trinajstić information content (AvgIpc) is 3.30. The number of aromatic amines is 1. The van der Waals surface area contributed by atoms with Gasteiger partial charge in [0.2, 0.25) is 5.71 Å². The number of H-pyrrole nitrogens is 1. The summed E-state index contributed by atoms with van der Waals surface area (Å²) in [5, 5.41) is 0.0908. The highest BCUT2D eigenvalue weighted by atomic mass is 19.3. The Labute approximate surface area is 130 Å². The van der Waals surface area contributed by atoms with E-state index in [9.17, 15) is 18.4 Å². The first-order chi connectivity index (χ1) is 11.0. The zero-order valence-electron chi connectivity index (χ0n) is 12.8. The van der Waals surface area contributed by atoms with E-state index >= 15 is 0 Å². The summed E-state index contributed by atoms with van der Waals surface area (Å²) in [4.78, 5) is 29.3. The van der Waals surface area contributed by atoms with Gasteiger partial charge in [-0.15, -0.1) is 0 Å². The molecule has 1 fully saturated rings. The van der Waals surface area contributed by atoms with Crippen molar-refractivity contribution in [1.29, 1.82) is 0 Å². The Hall–Kier alpha value is -2.05. The van der Waals surface area contributed by atoms with Crippen molar-refractivity contribution in [2.24, 2.45) is 11.8 Å². The molecule has 2 aromatic heterocycles. The Morgan fingerprint density at radius 3 is 2.78 bits per heavy atom. The van der Waals surface area contributed by atoms with Crippen LogP contribution in [0.5, 0.6) is 0 Å². The summed E-state index contributed by atoms with van der Waals surface area (Å²) >= 11 is 0. The van der Waals surface area contributed by atoms with E-state index in [-0.39, 0.29) is 11.1 Å². The maximum Gasteiger partial charge on any atom is 0.337 e. The van der Waals surface area contributed by atoms with E-state index in [1.165, 1.54) is 18.9 Å². The highest BCUT2D eigenvalue weighted by Crippen LogP contribution is 2.38. The number of hydrogen-bond donors (Lipinski definition) is 1. The second-order valence-electron chi connectivity index (χ2n) is 6.23. The number of aryl methyl sites for hydroxylation is 1. The minimum absolute atomic E-state index is 0.0908. The van der Waals surface area contributed by atoms with Crippen molar-refractivity contribution in [3.63, 3.8) is 0 Å². The molecule has 1 unspecified atom stereocenters. The lowest BCUT2D eigenvalue weighted by molar-refractivity contribution is 0.140. The molecule has 124 valence electrons. The first-order valence-electron chi connectivity index (χ1n) is 7.81. The van der Waals surface area contributed by atoms with Crippen LogP contribution in [0.25, 0.3) is 11.1 Å². The van der Waals surface area contributed by atoms with E-state index in [0.717, 1.165) is 18.8 Å². The first-order valence-corrected chi connectivity index (χ1v) is 7.81. The molecule has 0 radical (unpaired) electrons. The summed E-state index contributed by atoms with van der Waals surface area (Å²) in [6, 6.07) is 1.25. The summed E-state index contributed by atoms with van der Waals surface area (Å²) in [6.45, 7) is 2.21. The minimum Gasteiger partial charge on any atom is -0.403 e. The van der Waals surface area contributed by atoms with Crippen LogP contribution in [0.4, 0.5) is 8.78 Å². The fourth-order valence-electron chi connectivity index (χ4n) is 2.98. The SMILES string of the molecule is CC(CCCc1cc(=O)oc2nc(C(F)F)[nH]c(=O)c12)C1CC1. The molecule has 7 heteroatoms. The van der Waals surface area contributed by atoms with Crippen molar-refractivity contribution < 1.29 is 13.2 Å². The third kappa shape index (κ3) is 3.48. The summed E-state index contributed by atoms with van der Waals surface area (Å²) in [6.07, 6.45) is 1.98. The molecule has 1 atom stereocenters. The minimum atomic E-state index is -2.93. The zero-order chi connectivity index (χ0) is 16.6. The molecule has 23 heavy (non-hydrogen) atoms. The predicted molar refractivity (Wildman–Crippen MR) is 80.7 cm³/mol. The van der Waals surface area contributed by atoms with E-state index in [1.54, 1.807) is 0 Å². The Morgan fingerprint density at radius 1 is 1.39 bits per heavy atom. The molecule has 0 bridgehead atoms. The van der Waals surface area contributed by atoms with E-state index in [1.807, 2.05) is 0 Å². The number of fused-ring (bicyclic) bond motifs is 1. The van der Waals surface area contributed by atoms with E-state index in [2.05, 4.69) is 16.9 Å². The van der Waals surface area contributed by atoms with Gasteiger partial charge in [-0.25, -0.2) is 13.6 Å². The Bertz CT molecular complexity index is 824. The third-order valence-electron chi connectivity index (χ3n) is 4.45. The van der Waals surface area contributed by atoms with Crippen molar-refractivity contribution in [2.75, 3.05) is 0 Å². The van der Waals surface area contributed by atoms with Crippen molar-refractivity contribution in [1.82, 2.24) is 9.97 Å². The molecule has 0 saturated heterocycles. The lowest BCUT2D eigenvalue weighted by atomic mass is 9.97. The van der Waals surface area contributed by atoms with Crippen LogP contribution in [0.15, 0.2) is 20.1 Å². The van der Waals surface area contributed by atoms with Gasteiger partial charge in [-0.3, -0.25) is 4.79 Å². The topological polar surface area (TPSA) is 76.0 Å². The molecule has 0 amide bonds. The largest absolute Gasteiger partial charge is 0.403 e. The van der Waals surface area contributed by atoms with Crippen LogP contribution in [0.3, 0.4) is 0 Å². The van der Waals surface area contributed by atoms with Gasteiger partial charge in [-0.05, 0) is 43.1 Å². The summed E-state index contributed by atoms with van der Waals surface area (Å²) in [5.74, 6) is 0.639. The number of aromatic nitrogens is 2. The average molecular weight is 324 g/mol. The fraction of sp³-hybridized carbons (Fsp3) is 0.562. The summed E-state index contributed by atoms with van der Waals surface area (Å²) in [5.41, 5.74) is -1.18. The number of alkyl halides is 2. The zero-order valence-corrected chi connectivity index (χ0v) is 12.8. The molecule has 2 aromatic rings. The summed E-state index contributed by atoms with van der Waals surface area (Å²) in [7, 11) is 0. The normalized spacial score (nSPS) is 16.2. The smallest absolute Gasteiger partial charge is 0.337 e. The molecule has 0 spiro atoms. The molecule has 5 nitrogen and oxygen atoms in total. The van der Waals surface area contributed by atoms with Crippen LogP contribution < -0.4 is 11.2 Å². The van der Waals surface area contributed by atoms with Crippen LogP contribution >= 0.6 is 0 Å². The molecular formula is C16H18F2N2O3. The van der Waals surface area contributed by atoms with Gasteiger partial charge in [0, 0.05) is 6.07 Å². The van der Waals surface area contributed by atoms with Gasteiger partial charge in [0.25, 0.3) is 12.0 Å². The van der Waals surface area contributed by atoms with E-state index < -0.39 is 23.4 Å². The van der Waals surface area contributed by atoms with Crippen LogP contribution in [-0.2, 0) is 6.42 Å². The molecular weight excluding hydrogens is 306 g/mol. The number of nitrogens with one attached hydrogen (secondary N) is 1. The van der Waals surface area contributed by atoms with Crippen LogP contribution in [0, 0.1) is 11.8 Å². The molecule has 0 aliphatic heterocycles. The van der Waals surface area contributed by atoms with Crippen molar-refractivity contribution in [3.05, 3.63) is 38.2 Å². The molecule has 2 heterocycles. The van der Waals surface area contributed by atoms with Gasteiger partial charge < -0.3 is 9.40 Å². The lowest BCUT2D eigenvalue weighted by Gasteiger charge is -2.10. The van der Waals surface area contributed by atoms with E-state index in [0.29, 0.717) is 17.9 Å². The van der Waals surface area contributed by atoms with Crippen LogP contribution in [-0.4, -0.2) is 9.97 Å². The maximum absolute atomic E-state index is 12.7. The quantitative estimate of drug-likeness (QED) is 0.885. The maximum atomic E-state index is 12.7. The van der Waals surface area contributed by atoms with Gasteiger partial charge in [0.15, 0.2) is 5.82 Å². The first kappa shape index (κ1) is 15.8. The summed E-state index contributed by atoms with van der Waals surface area (Å²) < 4.78 is 30.2. The Balaban J connectivity index is 1.89. The molecule has 1 saturated carbocycles. The molecule has 1 N–H and O–H groups in total. The number of rotatable bonds is 6. The van der Waals surface area contributed by atoms with Gasteiger partial charge in [-0.2, -0.15) is 4.98 Å². The number of hydrogen-bond acceptors (Lipinski definition) is 4. The van der Waals surface area contributed by atoms with Crippen molar-refractivity contribution >= 4 is 11.1 Å². The van der Waals surface area contributed by atoms with Gasteiger partial charge in [0.05, 0.1) is 0 Å². The van der Waals surface area contributed by atoms with Crippen molar-refractivity contribution in [3.8, 4) is 0 Å². The van der Waals surface area contributed by atoms with Gasteiger partial charge >= 0.3 is 5.63 Å². The number of halogens is 2. The monoisotopic (exact) mass is 324 g/mol. The van der Waals surface area contributed by atoms with Crippen LogP contribution in [0.2, 0.25) is 0 Å². The molecule has 3 rings (SSSR count). The van der Waals surface area contributed by atoms with Crippen molar-refractivity contribution in [2.45, 2.75) is 45.5 Å². The number of nitrogens with zero attached hydrogens (tertiary/aromatic N) is 1. The van der Waals surface area contributed by atoms with Gasteiger partial charge in [-0.1, -0.05) is 13.3 Å². The second kappa shape index (κ2) is 6.22. The van der Waals surface area contributed by atoms with Gasteiger partial charge in [0.1, 0.15) is 5.39 Å². The predicted octanol–water partition coefficient (Wildman–Crippen LogP) is 3.18. The fourth-order valence-corrected chi connectivity index (χ4v) is 2.98. The Kier molecular flexibility index (Phi) is 4.28. The Morgan fingerprint density at radius 2 is 2.13 bits per heavy atom. The lowest BCUT2D eigenvalue weighted by Crippen LogP contribution is -2.16. The third-order valence-corrected chi connectivity index (χ3v) is 4.45. The molecule has 0 aromatic carbocycles. The molecule has 1 aliphatic carbocycles. The highest BCUT2D eigenvalue weighted by molar-refractivity contribution is 5.75. The standard InChI is InChI=1S/C16H18F2N2O3/c1-8(9-5-6-9)3-2-4-10-7-11(21)23-16-12(10)15(22)19-14(20-16)13(17)18/h7-9,13H,2-6H2,1H3,(H,19,20,22). The molecule has 1 aliphatic rings.